The summed E-state index contributed by atoms with van der Waals surface area (Å²) in [5, 5.41) is 10.6. The van der Waals surface area contributed by atoms with E-state index < -0.39 is 0 Å². The van der Waals surface area contributed by atoms with Crippen LogP contribution < -0.4 is 15.0 Å². The van der Waals surface area contributed by atoms with Crippen molar-refractivity contribution in [3.63, 3.8) is 0 Å². The molecule has 0 bridgehead atoms. The van der Waals surface area contributed by atoms with Gasteiger partial charge in [-0.3, -0.25) is 14.9 Å². The highest BCUT2D eigenvalue weighted by molar-refractivity contribution is 5.96. The van der Waals surface area contributed by atoms with E-state index in [1.54, 1.807) is 12.0 Å². The maximum atomic E-state index is 12.4. The second-order valence-electron chi connectivity index (χ2n) is 7.22. The van der Waals surface area contributed by atoms with Gasteiger partial charge < -0.3 is 14.1 Å². The van der Waals surface area contributed by atoms with E-state index in [0.29, 0.717) is 12.4 Å². The molecule has 1 fully saturated rings. The van der Waals surface area contributed by atoms with Crippen LogP contribution in [0.5, 0.6) is 5.75 Å². The smallest absolute Gasteiger partial charge is 0.322 e. The van der Waals surface area contributed by atoms with E-state index in [9.17, 15) is 9.59 Å². The van der Waals surface area contributed by atoms with Gasteiger partial charge in [0.2, 0.25) is 17.7 Å². The second kappa shape index (κ2) is 8.36. The van der Waals surface area contributed by atoms with Gasteiger partial charge in [0.05, 0.1) is 19.4 Å². The van der Waals surface area contributed by atoms with E-state index in [0.717, 1.165) is 22.6 Å². The van der Waals surface area contributed by atoms with Crippen molar-refractivity contribution in [2.75, 3.05) is 23.9 Å². The number of carbonyl (C=O) groups is 2. The van der Waals surface area contributed by atoms with Crippen LogP contribution in [0.3, 0.4) is 0 Å². The Morgan fingerprint density at radius 1 is 1.23 bits per heavy atom. The van der Waals surface area contributed by atoms with Crippen molar-refractivity contribution in [3.05, 3.63) is 65.5 Å². The number of para-hydroxylation sites is 1. The summed E-state index contributed by atoms with van der Waals surface area (Å²) in [6.45, 7) is 2.38. The summed E-state index contributed by atoms with van der Waals surface area (Å²) in [4.78, 5) is 26.4. The molecular weight excluding hydrogens is 384 g/mol. The number of hydrogen-bond donors (Lipinski definition) is 1. The minimum absolute atomic E-state index is 0.00450. The predicted molar refractivity (Wildman–Crippen MR) is 111 cm³/mol. The van der Waals surface area contributed by atoms with Crippen LogP contribution in [0.2, 0.25) is 0 Å². The maximum Gasteiger partial charge on any atom is 0.322 e. The fraction of sp³-hybridized carbons (Fsp3) is 0.273. The summed E-state index contributed by atoms with van der Waals surface area (Å²) in [5.74, 6) is 0.655. The molecule has 0 aliphatic carbocycles. The summed E-state index contributed by atoms with van der Waals surface area (Å²) in [5.41, 5.74) is 2.65. The molecule has 1 aliphatic heterocycles. The first-order chi connectivity index (χ1) is 14.5. The SMILES string of the molecule is COc1ccc(CC(=O)Nc2nnc(C3CC(=O)N(c4ccccc4)C3)o2)cc1C. The molecule has 3 aromatic rings. The molecule has 1 saturated heterocycles. The van der Waals surface area contributed by atoms with Crippen LogP contribution in [-0.2, 0) is 16.0 Å². The summed E-state index contributed by atoms with van der Waals surface area (Å²) in [6.07, 6.45) is 0.460. The average Bonchev–Trinajstić information content (AvgIpc) is 3.35. The zero-order valence-electron chi connectivity index (χ0n) is 16.8. The zero-order chi connectivity index (χ0) is 21.1. The standard InChI is InChI=1S/C22H22N4O4/c1-14-10-15(8-9-18(14)29-2)11-19(27)23-22-25-24-21(30-22)16-12-20(28)26(13-16)17-6-4-3-5-7-17/h3-10,16H,11-13H2,1-2H3,(H,23,25,27). The maximum absolute atomic E-state index is 12.4. The number of carbonyl (C=O) groups excluding carboxylic acids is 2. The van der Waals surface area contributed by atoms with E-state index in [1.165, 1.54) is 0 Å². The molecular formula is C22H22N4O4. The molecule has 2 aromatic carbocycles. The van der Waals surface area contributed by atoms with Gasteiger partial charge in [-0.2, -0.15) is 0 Å². The van der Waals surface area contributed by atoms with Gasteiger partial charge in [-0.15, -0.1) is 5.10 Å². The molecule has 0 radical (unpaired) electrons. The fourth-order valence-corrected chi connectivity index (χ4v) is 3.58. The number of benzene rings is 2. The highest BCUT2D eigenvalue weighted by Gasteiger charge is 2.35. The second-order valence-corrected chi connectivity index (χ2v) is 7.22. The van der Waals surface area contributed by atoms with Crippen LogP contribution in [0.4, 0.5) is 11.7 Å². The number of aromatic nitrogens is 2. The van der Waals surface area contributed by atoms with Crippen molar-refractivity contribution in [1.29, 1.82) is 0 Å². The lowest BCUT2D eigenvalue weighted by atomic mass is 10.1. The molecule has 2 amide bonds. The molecule has 1 N–H and O–H groups in total. The van der Waals surface area contributed by atoms with Gasteiger partial charge in [-0.05, 0) is 36.2 Å². The molecule has 1 atom stereocenters. The quantitative estimate of drug-likeness (QED) is 0.676. The zero-order valence-corrected chi connectivity index (χ0v) is 16.8. The van der Waals surface area contributed by atoms with E-state index in [-0.39, 0.29) is 36.6 Å². The van der Waals surface area contributed by atoms with Crippen molar-refractivity contribution in [2.24, 2.45) is 0 Å². The lowest BCUT2D eigenvalue weighted by Crippen LogP contribution is -2.24. The van der Waals surface area contributed by atoms with Crippen LogP contribution >= 0.6 is 0 Å². The largest absolute Gasteiger partial charge is 0.496 e. The number of aryl methyl sites for hydroxylation is 1. The lowest BCUT2D eigenvalue weighted by Gasteiger charge is -2.15. The molecule has 2 heterocycles. The molecule has 30 heavy (non-hydrogen) atoms. The Hall–Kier alpha value is -3.68. The highest BCUT2D eigenvalue weighted by Crippen LogP contribution is 2.31. The third-order valence-electron chi connectivity index (χ3n) is 5.05. The number of nitrogens with one attached hydrogen (secondary N) is 1. The fourth-order valence-electron chi connectivity index (χ4n) is 3.58. The molecule has 0 spiro atoms. The number of rotatable bonds is 6. The van der Waals surface area contributed by atoms with Crippen molar-refractivity contribution in [2.45, 2.75) is 25.7 Å². The summed E-state index contributed by atoms with van der Waals surface area (Å²) >= 11 is 0. The summed E-state index contributed by atoms with van der Waals surface area (Å²) < 4.78 is 10.8. The average molecular weight is 406 g/mol. The van der Waals surface area contributed by atoms with E-state index in [1.807, 2.05) is 55.5 Å². The Bertz CT molecular complexity index is 1060. The molecule has 1 aromatic heterocycles. The Morgan fingerprint density at radius 3 is 2.77 bits per heavy atom. The first kappa shape index (κ1) is 19.6. The number of nitrogens with zero attached hydrogens (tertiary/aromatic N) is 3. The van der Waals surface area contributed by atoms with Gasteiger partial charge >= 0.3 is 6.01 Å². The van der Waals surface area contributed by atoms with E-state index in [2.05, 4.69) is 15.5 Å². The highest BCUT2D eigenvalue weighted by atomic mass is 16.5. The van der Waals surface area contributed by atoms with Crippen LogP contribution in [0.1, 0.15) is 29.4 Å². The van der Waals surface area contributed by atoms with Gasteiger partial charge in [0.1, 0.15) is 5.75 Å². The van der Waals surface area contributed by atoms with Gasteiger partial charge in [-0.25, -0.2) is 0 Å². The normalized spacial score (nSPS) is 16.0. The number of ether oxygens (including phenoxy) is 1. The van der Waals surface area contributed by atoms with Crippen molar-refractivity contribution in [3.8, 4) is 5.75 Å². The molecule has 4 rings (SSSR count). The van der Waals surface area contributed by atoms with E-state index in [4.69, 9.17) is 9.15 Å². The third-order valence-corrected chi connectivity index (χ3v) is 5.05. The first-order valence-corrected chi connectivity index (χ1v) is 9.65. The monoisotopic (exact) mass is 406 g/mol. The minimum atomic E-state index is -0.261. The molecule has 1 aliphatic rings. The van der Waals surface area contributed by atoms with Crippen LogP contribution in [-0.4, -0.2) is 35.7 Å². The lowest BCUT2D eigenvalue weighted by molar-refractivity contribution is -0.117. The minimum Gasteiger partial charge on any atom is -0.496 e. The Morgan fingerprint density at radius 2 is 2.03 bits per heavy atom. The molecule has 154 valence electrons. The van der Waals surface area contributed by atoms with Gasteiger partial charge in [0, 0.05) is 18.7 Å². The Balaban J connectivity index is 1.38. The Kier molecular flexibility index (Phi) is 5.47. The van der Waals surface area contributed by atoms with Crippen molar-refractivity contribution >= 4 is 23.5 Å². The van der Waals surface area contributed by atoms with Gasteiger partial charge in [0.15, 0.2) is 0 Å². The van der Waals surface area contributed by atoms with Gasteiger partial charge in [-0.1, -0.05) is 35.4 Å². The predicted octanol–water partition coefficient (Wildman–Crippen LogP) is 3.09. The Labute approximate surface area is 173 Å². The first-order valence-electron chi connectivity index (χ1n) is 9.65. The van der Waals surface area contributed by atoms with Gasteiger partial charge in [0.25, 0.3) is 0 Å². The van der Waals surface area contributed by atoms with Crippen LogP contribution in [0, 0.1) is 6.92 Å². The molecule has 8 heteroatoms. The molecule has 8 nitrogen and oxygen atoms in total. The molecule has 0 saturated carbocycles. The third kappa shape index (κ3) is 4.17. The number of hydrogen-bond acceptors (Lipinski definition) is 6. The van der Waals surface area contributed by atoms with Crippen LogP contribution in [0.15, 0.2) is 52.9 Å². The number of amides is 2. The number of methoxy groups -OCH3 is 1. The van der Waals surface area contributed by atoms with Crippen molar-refractivity contribution < 1.29 is 18.7 Å². The summed E-state index contributed by atoms with van der Waals surface area (Å²) in [7, 11) is 1.61. The van der Waals surface area contributed by atoms with E-state index >= 15 is 0 Å². The topological polar surface area (TPSA) is 97.6 Å². The molecule has 1 unspecified atom stereocenters. The number of anilines is 2. The summed E-state index contributed by atoms with van der Waals surface area (Å²) in [6, 6.07) is 15.1. The van der Waals surface area contributed by atoms with Crippen molar-refractivity contribution in [1.82, 2.24) is 10.2 Å². The van der Waals surface area contributed by atoms with Crippen LogP contribution in [0.25, 0.3) is 0 Å².